The maximum Gasteiger partial charge on any atom is 0.159 e. The highest BCUT2D eigenvalue weighted by molar-refractivity contribution is 5.28. The van der Waals surface area contributed by atoms with E-state index < -0.39 is 17.2 Å². The highest BCUT2D eigenvalue weighted by Crippen LogP contribution is 2.57. The Kier molecular flexibility index (Phi) is 2.12. The normalized spacial score (nSPS) is 22.2. The Labute approximate surface area is 87.7 Å². The standard InChI is InChI=1S/C12H14F2O/c1-11(5-6-11)12(2,15)8-3-4-9(13)10(14)7-8/h3-4,7,15H,5-6H2,1-2H3. The van der Waals surface area contributed by atoms with E-state index in [1.165, 1.54) is 6.07 Å². The molecule has 0 heterocycles. The molecule has 0 radical (unpaired) electrons. The van der Waals surface area contributed by atoms with Crippen molar-refractivity contribution in [2.24, 2.45) is 5.41 Å². The van der Waals surface area contributed by atoms with Crippen LogP contribution in [0.4, 0.5) is 8.78 Å². The molecule has 0 aromatic heterocycles. The van der Waals surface area contributed by atoms with Gasteiger partial charge in [-0.3, -0.25) is 0 Å². The third-order valence-corrected chi connectivity index (χ3v) is 3.66. The summed E-state index contributed by atoms with van der Waals surface area (Å²) in [5.74, 6) is -1.78. The van der Waals surface area contributed by atoms with Gasteiger partial charge in [-0.05, 0) is 37.5 Å². The van der Waals surface area contributed by atoms with Crippen molar-refractivity contribution in [1.29, 1.82) is 0 Å². The van der Waals surface area contributed by atoms with E-state index in [1.807, 2.05) is 6.92 Å². The first-order chi connectivity index (χ1) is 6.87. The van der Waals surface area contributed by atoms with Crippen molar-refractivity contribution in [2.75, 3.05) is 0 Å². The van der Waals surface area contributed by atoms with E-state index in [4.69, 9.17) is 0 Å². The molecule has 0 aliphatic heterocycles. The molecule has 0 amide bonds. The van der Waals surface area contributed by atoms with Gasteiger partial charge in [0.05, 0.1) is 5.60 Å². The molecule has 0 spiro atoms. The van der Waals surface area contributed by atoms with E-state index >= 15 is 0 Å². The van der Waals surface area contributed by atoms with Crippen LogP contribution in [0.5, 0.6) is 0 Å². The predicted molar refractivity (Wildman–Crippen MR) is 53.3 cm³/mol. The Bertz CT molecular complexity index is 395. The second kappa shape index (κ2) is 3.01. The molecule has 0 bridgehead atoms. The third-order valence-electron chi connectivity index (χ3n) is 3.66. The Morgan fingerprint density at radius 2 is 1.87 bits per heavy atom. The average Bonchev–Trinajstić information content (AvgIpc) is 2.90. The fourth-order valence-corrected chi connectivity index (χ4v) is 1.82. The molecule has 1 aliphatic rings. The van der Waals surface area contributed by atoms with E-state index in [0.29, 0.717) is 5.56 Å². The van der Waals surface area contributed by atoms with E-state index in [9.17, 15) is 13.9 Å². The molecule has 15 heavy (non-hydrogen) atoms. The van der Waals surface area contributed by atoms with Crippen molar-refractivity contribution in [3.63, 3.8) is 0 Å². The van der Waals surface area contributed by atoms with Crippen LogP contribution in [0.3, 0.4) is 0 Å². The fourth-order valence-electron chi connectivity index (χ4n) is 1.82. The Morgan fingerprint density at radius 3 is 2.33 bits per heavy atom. The Balaban J connectivity index is 2.41. The number of benzene rings is 1. The number of aliphatic hydroxyl groups is 1. The molecule has 2 rings (SSSR count). The zero-order chi connectivity index (χ0) is 11.3. The second-order valence-corrected chi connectivity index (χ2v) is 4.76. The maximum atomic E-state index is 13.0. The van der Waals surface area contributed by atoms with E-state index in [1.54, 1.807) is 6.92 Å². The summed E-state index contributed by atoms with van der Waals surface area (Å²) in [6.45, 7) is 3.61. The summed E-state index contributed by atoms with van der Waals surface area (Å²) in [6, 6.07) is 3.59. The Morgan fingerprint density at radius 1 is 1.27 bits per heavy atom. The largest absolute Gasteiger partial charge is 0.385 e. The van der Waals surface area contributed by atoms with Crippen LogP contribution >= 0.6 is 0 Å². The van der Waals surface area contributed by atoms with Crippen molar-refractivity contribution in [1.82, 2.24) is 0 Å². The third kappa shape index (κ3) is 1.55. The molecule has 0 saturated heterocycles. The molecule has 1 aromatic rings. The lowest BCUT2D eigenvalue weighted by molar-refractivity contribution is -0.0129. The molecule has 1 fully saturated rings. The summed E-state index contributed by atoms with van der Waals surface area (Å²) in [7, 11) is 0. The van der Waals surface area contributed by atoms with Crippen molar-refractivity contribution in [2.45, 2.75) is 32.3 Å². The number of hydrogen-bond donors (Lipinski definition) is 1. The molecule has 1 nitrogen and oxygen atoms in total. The van der Waals surface area contributed by atoms with Crippen molar-refractivity contribution < 1.29 is 13.9 Å². The van der Waals surface area contributed by atoms with Gasteiger partial charge in [0.1, 0.15) is 0 Å². The molecule has 1 atom stereocenters. The van der Waals surface area contributed by atoms with E-state index in [2.05, 4.69) is 0 Å². The quantitative estimate of drug-likeness (QED) is 0.799. The van der Waals surface area contributed by atoms with Gasteiger partial charge >= 0.3 is 0 Å². The molecule has 1 N–H and O–H groups in total. The molecule has 1 unspecified atom stereocenters. The van der Waals surface area contributed by atoms with Crippen molar-refractivity contribution in [3.05, 3.63) is 35.4 Å². The van der Waals surface area contributed by atoms with Crippen LogP contribution in [0, 0.1) is 17.0 Å². The minimum atomic E-state index is -1.08. The van der Waals surface area contributed by atoms with Crippen LogP contribution in [0.15, 0.2) is 18.2 Å². The first-order valence-electron chi connectivity index (χ1n) is 5.05. The second-order valence-electron chi connectivity index (χ2n) is 4.76. The molecule has 1 saturated carbocycles. The zero-order valence-corrected chi connectivity index (χ0v) is 8.85. The van der Waals surface area contributed by atoms with Gasteiger partial charge in [0.15, 0.2) is 11.6 Å². The van der Waals surface area contributed by atoms with Gasteiger partial charge in [0.25, 0.3) is 0 Å². The summed E-state index contributed by atoms with van der Waals surface area (Å²) in [5, 5.41) is 10.3. The van der Waals surface area contributed by atoms with Gasteiger partial charge in [0, 0.05) is 5.41 Å². The van der Waals surface area contributed by atoms with Gasteiger partial charge in [-0.1, -0.05) is 13.0 Å². The van der Waals surface area contributed by atoms with Crippen LogP contribution < -0.4 is 0 Å². The molecular weight excluding hydrogens is 198 g/mol. The number of hydrogen-bond acceptors (Lipinski definition) is 1. The van der Waals surface area contributed by atoms with Gasteiger partial charge in [-0.25, -0.2) is 8.78 Å². The molecule has 3 heteroatoms. The number of rotatable bonds is 2. The fraction of sp³-hybridized carbons (Fsp3) is 0.500. The van der Waals surface area contributed by atoms with E-state index in [0.717, 1.165) is 25.0 Å². The van der Waals surface area contributed by atoms with Crippen LogP contribution in [0.2, 0.25) is 0 Å². The summed E-state index contributed by atoms with van der Waals surface area (Å²) in [6.07, 6.45) is 1.83. The van der Waals surface area contributed by atoms with Crippen LogP contribution in [0.1, 0.15) is 32.3 Å². The highest BCUT2D eigenvalue weighted by atomic mass is 19.2. The molecule has 82 valence electrons. The van der Waals surface area contributed by atoms with Crippen LogP contribution in [0.25, 0.3) is 0 Å². The first-order valence-corrected chi connectivity index (χ1v) is 5.05. The lowest BCUT2D eigenvalue weighted by Crippen LogP contribution is -2.31. The Hall–Kier alpha value is -0.960. The summed E-state index contributed by atoms with van der Waals surface area (Å²) in [4.78, 5) is 0. The van der Waals surface area contributed by atoms with Gasteiger partial charge in [0.2, 0.25) is 0 Å². The smallest absolute Gasteiger partial charge is 0.159 e. The lowest BCUT2D eigenvalue weighted by Gasteiger charge is -2.31. The topological polar surface area (TPSA) is 20.2 Å². The summed E-state index contributed by atoms with van der Waals surface area (Å²) >= 11 is 0. The predicted octanol–water partition coefficient (Wildman–Crippen LogP) is 2.97. The average molecular weight is 212 g/mol. The minimum absolute atomic E-state index is 0.197. The van der Waals surface area contributed by atoms with Crippen LogP contribution in [-0.2, 0) is 5.60 Å². The summed E-state index contributed by atoms with van der Waals surface area (Å²) in [5.41, 5.74) is -0.833. The van der Waals surface area contributed by atoms with Crippen LogP contribution in [-0.4, -0.2) is 5.11 Å². The molecule has 1 aliphatic carbocycles. The van der Waals surface area contributed by atoms with Crippen molar-refractivity contribution in [3.8, 4) is 0 Å². The zero-order valence-electron chi connectivity index (χ0n) is 8.85. The first kappa shape index (κ1) is 10.6. The maximum absolute atomic E-state index is 13.0. The minimum Gasteiger partial charge on any atom is -0.385 e. The number of halogens is 2. The SMILES string of the molecule is CC1(C(C)(O)c2ccc(F)c(F)c2)CC1. The summed E-state index contributed by atoms with van der Waals surface area (Å²) < 4.78 is 25.8. The molecular formula is C12H14F2O. The van der Waals surface area contributed by atoms with E-state index in [-0.39, 0.29) is 5.41 Å². The lowest BCUT2D eigenvalue weighted by atomic mass is 9.81. The monoisotopic (exact) mass is 212 g/mol. The van der Waals surface area contributed by atoms with Crippen molar-refractivity contribution >= 4 is 0 Å². The highest BCUT2D eigenvalue weighted by Gasteiger charge is 2.53. The van der Waals surface area contributed by atoms with Gasteiger partial charge in [-0.15, -0.1) is 0 Å². The van der Waals surface area contributed by atoms with Gasteiger partial charge < -0.3 is 5.11 Å². The molecule has 1 aromatic carbocycles. The van der Waals surface area contributed by atoms with Gasteiger partial charge in [-0.2, -0.15) is 0 Å².